The summed E-state index contributed by atoms with van der Waals surface area (Å²) in [5, 5.41) is 0.816. The highest BCUT2D eigenvalue weighted by Gasteiger charge is 2.29. The molecule has 1 aliphatic rings. The number of pyridine rings is 2. The van der Waals surface area contributed by atoms with E-state index < -0.39 is 0 Å². The van der Waals surface area contributed by atoms with Crippen LogP contribution in [0.25, 0.3) is 22.3 Å². The van der Waals surface area contributed by atoms with Crippen LogP contribution in [0.2, 0.25) is 0 Å². The Hall–Kier alpha value is -3.62. The molecule has 0 unspecified atom stereocenters. The summed E-state index contributed by atoms with van der Waals surface area (Å²) in [6.45, 7) is 4.04. The molecule has 40 heavy (non-hydrogen) atoms. The zero-order chi connectivity index (χ0) is 28.4. The molecular weight excluding hydrogens is 500 g/mol. The van der Waals surface area contributed by atoms with Gasteiger partial charge in [0.25, 0.3) is 5.91 Å². The molecule has 3 heterocycles. The van der Waals surface area contributed by atoms with Gasteiger partial charge >= 0.3 is 0 Å². The number of aromatic nitrogens is 4. The zero-order valence-electron chi connectivity index (χ0n) is 24.6. The van der Waals surface area contributed by atoms with Crippen LogP contribution in [-0.4, -0.2) is 70.0 Å². The van der Waals surface area contributed by atoms with Gasteiger partial charge in [0, 0.05) is 38.2 Å². The molecule has 0 aliphatic heterocycles. The van der Waals surface area contributed by atoms with Crippen molar-refractivity contribution in [1.29, 1.82) is 0 Å². The van der Waals surface area contributed by atoms with Crippen molar-refractivity contribution in [2.45, 2.75) is 51.7 Å². The molecular formula is C32H40N6O2. The van der Waals surface area contributed by atoms with E-state index in [9.17, 15) is 4.79 Å². The summed E-state index contributed by atoms with van der Waals surface area (Å²) in [5.41, 5.74) is 7.11. The highest BCUT2D eigenvalue weighted by atomic mass is 16.5. The van der Waals surface area contributed by atoms with Gasteiger partial charge in [-0.05, 0) is 88.6 Å². The molecule has 0 spiro atoms. The van der Waals surface area contributed by atoms with Crippen molar-refractivity contribution in [2.24, 2.45) is 7.05 Å². The van der Waals surface area contributed by atoms with Crippen molar-refractivity contribution < 1.29 is 9.53 Å². The van der Waals surface area contributed by atoms with Crippen LogP contribution in [0.1, 0.15) is 63.9 Å². The minimum Gasteiger partial charge on any atom is -0.380 e. The predicted octanol–water partition coefficient (Wildman–Crippen LogP) is 5.13. The van der Waals surface area contributed by atoms with E-state index in [2.05, 4.69) is 41.5 Å². The number of hydrogen-bond acceptors (Lipinski definition) is 6. The summed E-state index contributed by atoms with van der Waals surface area (Å²) in [6.07, 6.45) is 6.35. The number of benzene rings is 1. The van der Waals surface area contributed by atoms with Crippen molar-refractivity contribution >= 4 is 16.8 Å². The number of carbonyl (C=O) groups excluding carboxylic acids is 1. The Morgan fingerprint density at radius 2 is 1.88 bits per heavy atom. The van der Waals surface area contributed by atoms with Gasteiger partial charge in [-0.25, -0.2) is 9.97 Å². The average Bonchev–Trinajstić information content (AvgIpc) is 3.71. The second kappa shape index (κ2) is 11.9. The third-order valence-corrected chi connectivity index (χ3v) is 7.73. The number of amides is 1. The fraction of sp³-hybridized carbons (Fsp3) is 0.438. The third-order valence-electron chi connectivity index (χ3n) is 7.73. The smallest absolute Gasteiger partial charge is 0.254 e. The van der Waals surface area contributed by atoms with E-state index in [1.807, 2.05) is 50.6 Å². The number of ether oxygens (including phenoxy) is 1. The summed E-state index contributed by atoms with van der Waals surface area (Å²) in [6, 6.07) is 12.0. The minimum atomic E-state index is -0.0607. The number of carbonyl (C=O) groups is 1. The Balaban J connectivity index is 1.48. The van der Waals surface area contributed by atoms with E-state index in [1.165, 1.54) is 18.4 Å². The number of hydrogen-bond donors (Lipinski definition) is 0. The molecule has 1 aliphatic carbocycles. The normalized spacial score (nSPS) is 13.4. The summed E-state index contributed by atoms with van der Waals surface area (Å²) in [4.78, 5) is 32.4. The minimum absolute atomic E-state index is 0.0607. The van der Waals surface area contributed by atoms with E-state index in [0.29, 0.717) is 30.3 Å². The number of methoxy groups -OCH3 is 1. The van der Waals surface area contributed by atoms with Crippen LogP contribution in [0.5, 0.6) is 0 Å². The molecule has 0 bridgehead atoms. The second-order valence-corrected chi connectivity index (χ2v) is 11.3. The molecule has 0 radical (unpaired) electrons. The van der Waals surface area contributed by atoms with E-state index in [-0.39, 0.29) is 5.91 Å². The molecule has 1 amide bonds. The number of aryl methyl sites for hydroxylation is 2. The first-order valence-electron chi connectivity index (χ1n) is 14.0. The first kappa shape index (κ1) is 27.9. The van der Waals surface area contributed by atoms with Gasteiger partial charge in [-0.2, -0.15) is 0 Å². The molecule has 4 aromatic rings. The SMILES string of the molecule is COCc1ccc2nc(-c3ccc(CCCN(C)C)c(C)n3)cc(C(=O)N(C)Cc3cnc(C4CC4)n3C)c2c1. The Morgan fingerprint density at radius 1 is 1.07 bits per heavy atom. The van der Waals surface area contributed by atoms with Gasteiger partial charge in [0.05, 0.1) is 47.5 Å². The summed E-state index contributed by atoms with van der Waals surface area (Å²) >= 11 is 0. The summed E-state index contributed by atoms with van der Waals surface area (Å²) in [7, 11) is 9.76. The van der Waals surface area contributed by atoms with E-state index in [0.717, 1.165) is 58.8 Å². The first-order valence-corrected chi connectivity index (χ1v) is 14.0. The lowest BCUT2D eigenvalue weighted by Crippen LogP contribution is -2.27. The number of imidazole rings is 1. The largest absolute Gasteiger partial charge is 0.380 e. The fourth-order valence-corrected chi connectivity index (χ4v) is 5.27. The van der Waals surface area contributed by atoms with Crippen LogP contribution < -0.4 is 0 Å². The maximum atomic E-state index is 14.0. The van der Waals surface area contributed by atoms with Crippen molar-refractivity contribution in [3.63, 3.8) is 0 Å². The zero-order valence-corrected chi connectivity index (χ0v) is 24.6. The van der Waals surface area contributed by atoms with Gasteiger partial charge in [-0.15, -0.1) is 0 Å². The van der Waals surface area contributed by atoms with Crippen LogP contribution in [0, 0.1) is 6.92 Å². The molecule has 8 nitrogen and oxygen atoms in total. The van der Waals surface area contributed by atoms with Crippen molar-refractivity contribution in [3.05, 3.63) is 76.5 Å². The van der Waals surface area contributed by atoms with E-state index in [1.54, 1.807) is 12.0 Å². The van der Waals surface area contributed by atoms with Gasteiger partial charge in [0.2, 0.25) is 0 Å². The Bertz CT molecular complexity index is 1520. The molecule has 3 aromatic heterocycles. The van der Waals surface area contributed by atoms with Crippen molar-refractivity contribution in [2.75, 3.05) is 34.8 Å². The highest BCUT2D eigenvalue weighted by molar-refractivity contribution is 6.07. The summed E-state index contributed by atoms with van der Waals surface area (Å²) < 4.78 is 7.50. The van der Waals surface area contributed by atoms with Gasteiger partial charge in [0.15, 0.2) is 0 Å². The molecule has 0 saturated heterocycles. The van der Waals surface area contributed by atoms with E-state index in [4.69, 9.17) is 14.7 Å². The monoisotopic (exact) mass is 540 g/mol. The molecule has 5 rings (SSSR count). The van der Waals surface area contributed by atoms with Gasteiger partial charge in [0.1, 0.15) is 5.82 Å². The molecule has 1 saturated carbocycles. The molecule has 0 atom stereocenters. The van der Waals surface area contributed by atoms with Crippen molar-refractivity contribution in [1.82, 2.24) is 29.3 Å². The van der Waals surface area contributed by atoms with Crippen LogP contribution in [0.15, 0.2) is 42.6 Å². The molecule has 8 heteroatoms. The fourth-order valence-electron chi connectivity index (χ4n) is 5.27. The first-order chi connectivity index (χ1) is 19.2. The van der Waals surface area contributed by atoms with Gasteiger partial charge in [-0.1, -0.05) is 12.1 Å². The lowest BCUT2D eigenvalue weighted by molar-refractivity contribution is 0.0784. The standard InChI is InChI=1S/C32H40N6O2/c1-21-23(8-7-15-36(2)3)12-14-29(34-21)30-17-27(26-16-22(20-40-6)9-13-28(26)35-30)32(39)37(4)19-25-18-33-31(38(25)5)24-10-11-24/h9,12-14,16-18,24H,7-8,10-11,15,19-20H2,1-6H3. The number of rotatable bonds is 11. The third kappa shape index (κ3) is 6.08. The van der Waals surface area contributed by atoms with Gasteiger partial charge < -0.3 is 19.1 Å². The second-order valence-electron chi connectivity index (χ2n) is 11.3. The van der Waals surface area contributed by atoms with Crippen molar-refractivity contribution in [3.8, 4) is 11.4 Å². The molecule has 1 fully saturated rings. The highest BCUT2D eigenvalue weighted by Crippen LogP contribution is 2.39. The van der Waals surface area contributed by atoms with Crippen LogP contribution in [0.3, 0.4) is 0 Å². The Labute approximate surface area is 237 Å². The van der Waals surface area contributed by atoms with Crippen LogP contribution in [-0.2, 0) is 31.4 Å². The average molecular weight is 541 g/mol. The maximum Gasteiger partial charge on any atom is 0.254 e. The topological polar surface area (TPSA) is 76.4 Å². The number of nitrogens with zero attached hydrogens (tertiary/aromatic N) is 6. The maximum absolute atomic E-state index is 14.0. The lowest BCUT2D eigenvalue weighted by atomic mass is 10.0. The molecule has 0 N–H and O–H groups in total. The molecule has 210 valence electrons. The quantitative estimate of drug-likeness (QED) is 0.263. The Kier molecular flexibility index (Phi) is 8.28. The predicted molar refractivity (Wildman–Crippen MR) is 158 cm³/mol. The van der Waals surface area contributed by atoms with Crippen LogP contribution >= 0.6 is 0 Å². The summed E-state index contributed by atoms with van der Waals surface area (Å²) in [5.74, 6) is 1.61. The number of fused-ring (bicyclic) bond motifs is 1. The van der Waals surface area contributed by atoms with E-state index >= 15 is 0 Å². The Morgan fingerprint density at radius 3 is 2.58 bits per heavy atom. The lowest BCUT2D eigenvalue weighted by Gasteiger charge is -2.20. The molecule has 1 aromatic carbocycles. The van der Waals surface area contributed by atoms with Gasteiger partial charge in [-0.3, -0.25) is 9.78 Å². The van der Waals surface area contributed by atoms with Crippen LogP contribution in [0.4, 0.5) is 0 Å².